The summed E-state index contributed by atoms with van der Waals surface area (Å²) < 4.78 is 11.8. The third kappa shape index (κ3) is 4.26. The summed E-state index contributed by atoms with van der Waals surface area (Å²) in [6, 6.07) is 3.80. The predicted octanol–water partition coefficient (Wildman–Crippen LogP) is 4.06. The number of alkyl carbamates (subject to hydrolysis) is 1. The Hall–Kier alpha value is -1.83. The Morgan fingerprint density at radius 3 is 2.14 bits per heavy atom. The van der Waals surface area contributed by atoms with Crippen LogP contribution in [0.25, 0.3) is 0 Å². The van der Waals surface area contributed by atoms with Gasteiger partial charge in [0, 0.05) is 35.6 Å². The van der Waals surface area contributed by atoms with Crippen LogP contribution in [0, 0.1) is 11.8 Å². The second kappa shape index (κ2) is 6.90. The van der Waals surface area contributed by atoms with Crippen molar-refractivity contribution in [1.82, 2.24) is 15.2 Å². The Morgan fingerprint density at radius 1 is 1.11 bits per heavy atom. The fraction of sp³-hybridized carbons (Fsp3) is 0.650. The zero-order valence-electron chi connectivity index (χ0n) is 17.2. The molecule has 1 aromatic rings. The van der Waals surface area contributed by atoms with Gasteiger partial charge < -0.3 is 19.7 Å². The summed E-state index contributed by atoms with van der Waals surface area (Å²) in [5, 5.41) is 3.05. The van der Waals surface area contributed by atoms with E-state index in [0.29, 0.717) is 13.1 Å². The highest BCUT2D eigenvalue weighted by atomic mass is 79.9. The van der Waals surface area contributed by atoms with Gasteiger partial charge >= 0.3 is 12.2 Å². The third-order valence-corrected chi connectivity index (χ3v) is 5.36. The van der Waals surface area contributed by atoms with Crippen LogP contribution in [0.1, 0.15) is 47.2 Å². The van der Waals surface area contributed by atoms with Crippen molar-refractivity contribution in [2.75, 3.05) is 13.1 Å². The van der Waals surface area contributed by atoms with E-state index in [1.807, 2.05) is 53.7 Å². The molecule has 1 aliphatic carbocycles. The van der Waals surface area contributed by atoms with Gasteiger partial charge in [-0.2, -0.15) is 0 Å². The predicted molar refractivity (Wildman–Crippen MR) is 108 cm³/mol. The highest BCUT2D eigenvalue weighted by Crippen LogP contribution is 2.61. The van der Waals surface area contributed by atoms with Gasteiger partial charge in [-0.05, 0) is 69.6 Å². The number of carbonyl (C=O) groups is 2. The van der Waals surface area contributed by atoms with Crippen molar-refractivity contribution in [3.05, 3.63) is 28.5 Å². The molecule has 2 fully saturated rings. The molecule has 2 atom stereocenters. The number of hydrogen-bond acceptors (Lipinski definition) is 5. The van der Waals surface area contributed by atoms with E-state index in [9.17, 15) is 9.59 Å². The lowest BCUT2D eigenvalue weighted by Crippen LogP contribution is -2.47. The molecule has 28 heavy (non-hydrogen) atoms. The number of rotatable bonds is 2. The molecule has 1 N–H and O–H groups in total. The smallest absolute Gasteiger partial charge is 0.410 e. The maximum Gasteiger partial charge on any atom is 0.410 e. The van der Waals surface area contributed by atoms with Gasteiger partial charge in [-0.15, -0.1) is 0 Å². The van der Waals surface area contributed by atoms with E-state index >= 15 is 0 Å². The maximum absolute atomic E-state index is 12.5. The number of nitrogens with one attached hydrogen (secondary N) is 1. The summed E-state index contributed by atoms with van der Waals surface area (Å²) >= 11 is 3.40. The fourth-order valence-electron chi connectivity index (χ4n) is 3.83. The van der Waals surface area contributed by atoms with E-state index in [2.05, 4.69) is 26.2 Å². The Bertz CT molecular complexity index is 755. The van der Waals surface area contributed by atoms with E-state index in [0.717, 1.165) is 10.2 Å². The average molecular weight is 454 g/mol. The molecule has 0 aromatic carbocycles. The van der Waals surface area contributed by atoms with Crippen LogP contribution in [0.3, 0.4) is 0 Å². The van der Waals surface area contributed by atoms with Crippen LogP contribution in [0.4, 0.5) is 9.59 Å². The Morgan fingerprint density at radius 2 is 1.68 bits per heavy atom. The Balaban J connectivity index is 1.78. The van der Waals surface area contributed by atoms with Crippen molar-refractivity contribution in [2.45, 2.75) is 58.3 Å². The molecule has 0 bridgehead atoms. The monoisotopic (exact) mass is 453 g/mol. The number of pyridine rings is 1. The minimum Gasteiger partial charge on any atom is -0.444 e. The van der Waals surface area contributed by atoms with Crippen LogP contribution in [0.15, 0.2) is 22.8 Å². The summed E-state index contributed by atoms with van der Waals surface area (Å²) in [4.78, 5) is 31.1. The second-order valence-electron chi connectivity index (χ2n) is 9.46. The Kier molecular flexibility index (Phi) is 5.15. The SMILES string of the molecule is CC(C)(C)OC(=O)NC1(c2ccc(Br)cn2)C2CN(C(=O)OC(C)(C)C)CC21. The van der Waals surface area contributed by atoms with Gasteiger partial charge in [-0.25, -0.2) is 9.59 Å². The highest BCUT2D eigenvalue weighted by Gasteiger charge is 2.72. The van der Waals surface area contributed by atoms with Gasteiger partial charge in [-0.1, -0.05) is 0 Å². The molecule has 7 nitrogen and oxygen atoms in total. The van der Waals surface area contributed by atoms with E-state index in [4.69, 9.17) is 9.47 Å². The minimum absolute atomic E-state index is 0.0706. The van der Waals surface area contributed by atoms with Gasteiger partial charge in [-0.3, -0.25) is 4.98 Å². The quantitative estimate of drug-likeness (QED) is 0.729. The maximum atomic E-state index is 12.5. The van der Waals surface area contributed by atoms with Crippen molar-refractivity contribution in [3.63, 3.8) is 0 Å². The van der Waals surface area contributed by atoms with Gasteiger partial charge in [0.2, 0.25) is 0 Å². The summed E-state index contributed by atoms with van der Waals surface area (Å²) in [6.45, 7) is 12.0. The number of carbonyl (C=O) groups excluding carboxylic acids is 2. The molecule has 2 heterocycles. The van der Waals surface area contributed by atoms with Crippen LogP contribution < -0.4 is 5.32 Å². The molecule has 3 rings (SSSR count). The number of piperidine rings is 1. The summed E-state index contributed by atoms with van der Waals surface area (Å²) in [5.74, 6) is 0.141. The molecular formula is C20H28BrN3O4. The summed E-state index contributed by atoms with van der Waals surface area (Å²) in [7, 11) is 0. The van der Waals surface area contributed by atoms with Crippen LogP contribution in [-0.2, 0) is 15.0 Å². The van der Waals surface area contributed by atoms with Gasteiger partial charge in [0.1, 0.15) is 11.2 Å². The summed E-state index contributed by atoms with van der Waals surface area (Å²) in [5.41, 5.74) is -0.976. The molecule has 1 aromatic heterocycles. The van der Waals surface area contributed by atoms with Crippen LogP contribution in [0.2, 0.25) is 0 Å². The first-order valence-corrected chi connectivity index (χ1v) is 10.2. The van der Waals surface area contributed by atoms with Crippen molar-refractivity contribution in [2.24, 2.45) is 11.8 Å². The number of fused-ring (bicyclic) bond motifs is 1. The number of ether oxygens (including phenoxy) is 2. The molecule has 1 saturated heterocycles. The first-order chi connectivity index (χ1) is 12.8. The topological polar surface area (TPSA) is 80.8 Å². The zero-order chi connectivity index (χ0) is 20.9. The molecule has 2 unspecified atom stereocenters. The number of likely N-dealkylation sites (tertiary alicyclic amines) is 1. The van der Waals surface area contributed by atoms with Crippen LogP contribution in [0.5, 0.6) is 0 Å². The number of aromatic nitrogens is 1. The molecular weight excluding hydrogens is 426 g/mol. The van der Waals surface area contributed by atoms with Crippen molar-refractivity contribution in [3.8, 4) is 0 Å². The molecule has 1 aliphatic heterocycles. The number of amides is 2. The lowest BCUT2D eigenvalue weighted by molar-refractivity contribution is 0.0249. The minimum atomic E-state index is -0.623. The molecule has 2 aliphatic rings. The number of nitrogens with zero attached hydrogens (tertiary/aromatic N) is 2. The molecule has 0 spiro atoms. The van der Waals surface area contributed by atoms with E-state index in [-0.39, 0.29) is 17.9 Å². The van der Waals surface area contributed by atoms with Crippen molar-refractivity contribution < 1.29 is 19.1 Å². The molecule has 154 valence electrons. The van der Waals surface area contributed by atoms with Crippen molar-refractivity contribution in [1.29, 1.82) is 0 Å². The Labute approximate surface area is 174 Å². The third-order valence-electron chi connectivity index (χ3n) is 4.89. The van der Waals surface area contributed by atoms with E-state index in [1.54, 1.807) is 11.1 Å². The van der Waals surface area contributed by atoms with E-state index < -0.39 is 22.8 Å². The highest BCUT2D eigenvalue weighted by molar-refractivity contribution is 9.10. The number of halogens is 1. The molecule has 8 heteroatoms. The summed E-state index contributed by atoms with van der Waals surface area (Å²) in [6.07, 6.45) is 0.915. The number of hydrogen-bond donors (Lipinski definition) is 1. The fourth-order valence-corrected chi connectivity index (χ4v) is 4.06. The van der Waals surface area contributed by atoms with Gasteiger partial charge in [0.05, 0.1) is 11.2 Å². The molecule has 0 radical (unpaired) electrons. The average Bonchev–Trinajstić information content (AvgIpc) is 2.89. The van der Waals surface area contributed by atoms with Gasteiger partial charge in [0.15, 0.2) is 0 Å². The molecule has 2 amide bonds. The normalized spacial score (nSPS) is 26.5. The van der Waals surface area contributed by atoms with Gasteiger partial charge in [0.25, 0.3) is 0 Å². The lowest BCUT2D eigenvalue weighted by Gasteiger charge is -2.30. The van der Waals surface area contributed by atoms with Crippen LogP contribution >= 0.6 is 15.9 Å². The first kappa shape index (κ1) is 20.9. The van der Waals surface area contributed by atoms with Crippen LogP contribution in [-0.4, -0.2) is 46.4 Å². The second-order valence-corrected chi connectivity index (χ2v) is 10.4. The standard InChI is InChI=1S/C20H28BrN3O4/c1-18(2,3)27-16(25)23-20(15-8-7-12(21)9-22-15)13-10-24(11-14(13)20)17(26)28-19(4,5)6/h7-9,13-14H,10-11H2,1-6H3,(H,23,25). The lowest BCUT2D eigenvalue weighted by atomic mass is 10.1. The van der Waals surface area contributed by atoms with E-state index in [1.165, 1.54) is 0 Å². The largest absolute Gasteiger partial charge is 0.444 e. The zero-order valence-corrected chi connectivity index (χ0v) is 18.8. The first-order valence-electron chi connectivity index (χ1n) is 9.43. The van der Waals surface area contributed by atoms with Crippen molar-refractivity contribution >= 4 is 28.1 Å². The molecule has 1 saturated carbocycles.